The van der Waals surface area contributed by atoms with E-state index in [2.05, 4.69) is 10.3 Å². The third-order valence-electron chi connectivity index (χ3n) is 5.13. The maximum atomic E-state index is 13.1. The van der Waals surface area contributed by atoms with Crippen molar-refractivity contribution in [2.24, 2.45) is 4.99 Å². The molecule has 0 bridgehead atoms. The molecular formula is C23H24N4O3S. The predicted molar refractivity (Wildman–Crippen MR) is 121 cm³/mol. The number of amidine groups is 1. The number of hydrogen-bond acceptors (Lipinski definition) is 6. The summed E-state index contributed by atoms with van der Waals surface area (Å²) < 4.78 is 5.28. The number of benzene rings is 1. The summed E-state index contributed by atoms with van der Waals surface area (Å²) in [6.07, 6.45) is 1.76. The third kappa shape index (κ3) is 4.29. The van der Waals surface area contributed by atoms with Crippen molar-refractivity contribution in [1.29, 1.82) is 0 Å². The summed E-state index contributed by atoms with van der Waals surface area (Å²) in [6, 6.07) is 13.1. The van der Waals surface area contributed by atoms with Crippen LogP contribution < -0.4 is 5.32 Å². The smallest absolute Gasteiger partial charge is 0.253 e. The summed E-state index contributed by atoms with van der Waals surface area (Å²) in [5, 5.41) is 5.60. The number of furan rings is 1. The van der Waals surface area contributed by atoms with Crippen LogP contribution >= 0.6 is 11.8 Å². The number of fused-ring (bicyclic) bond motifs is 1. The molecule has 2 amide bonds. The zero-order valence-electron chi connectivity index (χ0n) is 17.7. The molecule has 2 aliphatic heterocycles. The maximum absolute atomic E-state index is 13.1. The molecule has 0 fully saturated rings. The minimum atomic E-state index is -0.345. The molecule has 160 valence electrons. The van der Waals surface area contributed by atoms with Gasteiger partial charge in [-0.05, 0) is 30.0 Å². The van der Waals surface area contributed by atoms with E-state index in [1.807, 2.05) is 53.6 Å². The highest BCUT2D eigenvalue weighted by molar-refractivity contribution is 8.16. The van der Waals surface area contributed by atoms with Gasteiger partial charge in [-0.25, -0.2) is 4.99 Å². The fourth-order valence-electron chi connectivity index (χ4n) is 3.66. The number of hydrogen-bond donors (Lipinski definition) is 1. The van der Waals surface area contributed by atoms with E-state index in [1.165, 1.54) is 11.8 Å². The fraction of sp³-hybridized carbons (Fsp3) is 0.261. The minimum absolute atomic E-state index is 0.0901. The van der Waals surface area contributed by atoms with Crippen LogP contribution in [-0.4, -0.2) is 40.9 Å². The van der Waals surface area contributed by atoms with Gasteiger partial charge in [0.1, 0.15) is 5.76 Å². The molecule has 2 aliphatic rings. The first-order valence-electron chi connectivity index (χ1n) is 9.95. The zero-order chi connectivity index (χ0) is 22.0. The minimum Gasteiger partial charge on any atom is -0.467 e. The van der Waals surface area contributed by atoms with Crippen molar-refractivity contribution in [3.8, 4) is 0 Å². The number of aliphatic imine (C=N–C) groups is 1. The summed E-state index contributed by atoms with van der Waals surface area (Å²) in [7, 11) is 3.48. The van der Waals surface area contributed by atoms with Crippen LogP contribution in [-0.2, 0) is 16.1 Å². The number of carbonyl (C=O) groups is 2. The number of nitrogens with one attached hydrogen (secondary N) is 1. The first kappa shape index (κ1) is 21.0. The Balaban J connectivity index is 1.62. The average molecular weight is 437 g/mol. The Labute approximate surface area is 185 Å². The van der Waals surface area contributed by atoms with E-state index < -0.39 is 0 Å². The van der Waals surface area contributed by atoms with Crippen molar-refractivity contribution >= 4 is 28.7 Å². The van der Waals surface area contributed by atoms with E-state index in [0.717, 1.165) is 16.4 Å². The van der Waals surface area contributed by atoms with Gasteiger partial charge in [0.2, 0.25) is 5.91 Å². The molecule has 1 N–H and O–H groups in total. The van der Waals surface area contributed by atoms with Gasteiger partial charge < -0.3 is 19.5 Å². The molecule has 0 saturated carbocycles. The first-order chi connectivity index (χ1) is 15.0. The van der Waals surface area contributed by atoms with Gasteiger partial charge in [0, 0.05) is 19.8 Å². The van der Waals surface area contributed by atoms with Crippen molar-refractivity contribution in [3.05, 3.63) is 82.4 Å². The molecule has 1 aromatic heterocycles. The number of likely N-dealkylation sites (N-methyl/N-ethyl adjacent to an activating group) is 1. The van der Waals surface area contributed by atoms with Crippen LogP contribution in [0.1, 0.15) is 30.7 Å². The molecule has 31 heavy (non-hydrogen) atoms. The lowest BCUT2D eigenvalue weighted by Crippen LogP contribution is -2.40. The van der Waals surface area contributed by atoms with Crippen LogP contribution in [0.3, 0.4) is 0 Å². The molecule has 1 aromatic carbocycles. The first-order valence-corrected chi connectivity index (χ1v) is 10.8. The number of nitrogens with zero attached hydrogens (tertiary/aromatic N) is 3. The van der Waals surface area contributed by atoms with Crippen LogP contribution in [0.15, 0.2) is 80.5 Å². The lowest BCUT2D eigenvalue weighted by Gasteiger charge is -2.37. The van der Waals surface area contributed by atoms with Crippen molar-refractivity contribution in [2.75, 3.05) is 14.1 Å². The van der Waals surface area contributed by atoms with E-state index in [-0.39, 0.29) is 24.3 Å². The van der Waals surface area contributed by atoms with E-state index in [1.54, 1.807) is 31.3 Å². The molecule has 2 aromatic rings. The SMILES string of the molecule is CC1=C(C(=O)N(C)C)C(c2ccccc2)N2C(CC(=O)NCc3ccco3)=CSC2=N1. The monoisotopic (exact) mass is 436 g/mol. The molecule has 3 heterocycles. The Morgan fingerprint density at radius 3 is 2.65 bits per heavy atom. The van der Waals surface area contributed by atoms with E-state index in [0.29, 0.717) is 23.6 Å². The highest BCUT2D eigenvalue weighted by Crippen LogP contribution is 2.44. The summed E-state index contributed by atoms with van der Waals surface area (Å²) >= 11 is 1.47. The predicted octanol–water partition coefficient (Wildman–Crippen LogP) is 3.65. The summed E-state index contributed by atoms with van der Waals surface area (Å²) in [5.41, 5.74) is 3.10. The Bertz CT molecular complexity index is 1070. The Morgan fingerprint density at radius 2 is 1.97 bits per heavy atom. The fourth-order valence-corrected chi connectivity index (χ4v) is 4.62. The Kier molecular flexibility index (Phi) is 5.99. The van der Waals surface area contributed by atoms with Gasteiger partial charge in [-0.2, -0.15) is 0 Å². The number of thioether (sulfide) groups is 1. The largest absolute Gasteiger partial charge is 0.467 e. The Morgan fingerprint density at radius 1 is 1.19 bits per heavy atom. The van der Waals surface area contributed by atoms with Gasteiger partial charge in [-0.15, -0.1) is 0 Å². The maximum Gasteiger partial charge on any atom is 0.253 e. The van der Waals surface area contributed by atoms with Crippen molar-refractivity contribution in [1.82, 2.24) is 15.1 Å². The number of rotatable bonds is 6. The van der Waals surface area contributed by atoms with Crippen LogP contribution in [0, 0.1) is 0 Å². The second kappa shape index (κ2) is 8.85. The standard InChI is InChI=1S/C23H24N4O3S/c1-15-20(22(29)26(2)3)21(16-8-5-4-6-9-16)27-17(14-31-23(27)25-15)12-19(28)24-13-18-10-7-11-30-18/h4-11,14,21H,12-13H2,1-3H3,(H,24,28). The number of carbonyl (C=O) groups excluding carboxylic acids is 2. The third-order valence-corrected chi connectivity index (χ3v) is 6.02. The molecule has 0 aliphatic carbocycles. The molecule has 7 nitrogen and oxygen atoms in total. The van der Waals surface area contributed by atoms with E-state index >= 15 is 0 Å². The van der Waals surface area contributed by atoms with Crippen LogP contribution in [0.5, 0.6) is 0 Å². The second-order valence-corrected chi connectivity index (χ2v) is 8.37. The van der Waals surface area contributed by atoms with Gasteiger partial charge in [-0.3, -0.25) is 9.59 Å². The quantitative estimate of drug-likeness (QED) is 0.748. The Hall–Kier alpha value is -3.26. The molecule has 0 spiro atoms. The second-order valence-electron chi connectivity index (χ2n) is 7.54. The zero-order valence-corrected chi connectivity index (χ0v) is 18.5. The molecule has 1 atom stereocenters. The highest BCUT2D eigenvalue weighted by Gasteiger charge is 2.40. The van der Waals surface area contributed by atoms with Crippen LogP contribution in [0.25, 0.3) is 0 Å². The lowest BCUT2D eigenvalue weighted by molar-refractivity contribution is -0.125. The molecular weight excluding hydrogens is 412 g/mol. The van der Waals surface area contributed by atoms with Crippen LogP contribution in [0.4, 0.5) is 0 Å². The summed E-state index contributed by atoms with van der Waals surface area (Å²) in [5.74, 6) is 0.485. The van der Waals surface area contributed by atoms with Gasteiger partial charge in [-0.1, -0.05) is 42.1 Å². The van der Waals surface area contributed by atoms with Gasteiger partial charge in [0.05, 0.1) is 36.5 Å². The summed E-state index contributed by atoms with van der Waals surface area (Å²) in [6.45, 7) is 2.20. The summed E-state index contributed by atoms with van der Waals surface area (Å²) in [4.78, 5) is 34.0. The van der Waals surface area contributed by atoms with E-state index in [4.69, 9.17) is 4.42 Å². The van der Waals surface area contributed by atoms with Crippen LogP contribution in [0.2, 0.25) is 0 Å². The molecule has 4 rings (SSSR count). The van der Waals surface area contributed by atoms with Gasteiger partial charge >= 0.3 is 0 Å². The molecule has 1 unspecified atom stereocenters. The number of allylic oxidation sites excluding steroid dienone is 1. The number of amides is 2. The average Bonchev–Trinajstić information content (AvgIpc) is 3.41. The van der Waals surface area contributed by atoms with Crippen molar-refractivity contribution in [2.45, 2.75) is 25.9 Å². The van der Waals surface area contributed by atoms with Gasteiger partial charge in [0.25, 0.3) is 5.91 Å². The molecule has 0 saturated heterocycles. The molecule has 0 radical (unpaired) electrons. The van der Waals surface area contributed by atoms with Gasteiger partial charge in [0.15, 0.2) is 5.17 Å². The normalized spacial score (nSPS) is 17.8. The topological polar surface area (TPSA) is 78.2 Å². The highest BCUT2D eigenvalue weighted by atomic mass is 32.2. The molecule has 8 heteroatoms. The lowest BCUT2D eigenvalue weighted by atomic mass is 9.93. The van der Waals surface area contributed by atoms with Crippen molar-refractivity contribution < 1.29 is 14.0 Å². The van der Waals surface area contributed by atoms with Crippen molar-refractivity contribution in [3.63, 3.8) is 0 Å². The van der Waals surface area contributed by atoms with E-state index in [9.17, 15) is 9.59 Å².